The van der Waals surface area contributed by atoms with Crippen molar-refractivity contribution in [1.29, 1.82) is 0 Å². The molecule has 1 aliphatic heterocycles. The molecule has 0 radical (unpaired) electrons. The SMILES string of the molecule is CCOC1CC(N)(C(=O)N2CCC(c3ccc(OC)cc3)C2)C1(C)C. The quantitative estimate of drug-likeness (QED) is 0.890. The van der Waals surface area contributed by atoms with Gasteiger partial charge in [0.25, 0.3) is 0 Å². The van der Waals surface area contributed by atoms with Gasteiger partial charge in [0.1, 0.15) is 11.3 Å². The summed E-state index contributed by atoms with van der Waals surface area (Å²) in [6.07, 6.45) is 1.64. The van der Waals surface area contributed by atoms with E-state index in [1.807, 2.05) is 37.8 Å². The first kappa shape index (κ1) is 18.2. The van der Waals surface area contributed by atoms with Crippen molar-refractivity contribution in [2.75, 3.05) is 26.8 Å². The summed E-state index contributed by atoms with van der Waals surface area (Å²) in [7, 11) is 1.67. The number of rotatable bonds is 5. The number of carbonyl (C=O) groups is 1. The zero-order chi connectivity index (χ0) is 18.2. The van der Waals surface area contributed by atoms with Crippen LogP contribution in [0.25, 0.3) is 0 Å². The molecule has 3 rings (SSSR count). The molecule has 2 N–H and O–H groups in total. The third-order valence-electron chi connectivity index (χ3n) is 6.27. The van der Waals surface area contributed by atoms with E-state index >= 15 is 0 Å². The molecule has 5 nitrogen and oxygen atoms in total. The summed E-state index contributed by atoms with van der Waals surface area (Å²) in [6.45, 7) is 8.23. The molecule has 1 heterocycles. The second-order valence-corrected chi connectivity index (χ2v) is 7.85. The predicted molar refractivity (Wildman–Crippen MR) is 97.7 cm³/mol. The van der Waals surface area contributed by atoms with E-state index in [4.69, 9.17) is 15.2 Å². The van der Waals surface area contributed by atoms with Crippen LogP contribution in [0.3, 0.4) is 0 Å². The van der Waals surface area contributed by atoms with Gasteiger partial charge in [-0.15, -0.1) is 0 Å². The Kier molecular flexibility index (Phi) is 4.82. The number of nitrogens with two attached hydrogens (primary N) is 1. The Morgan fingerprint density at radius 3 is 2.56 bits per heavy atom. The number of carbonyl (C=O) groups excluding carboxylic acids is 1. The van der Waals surface area contributed by atoms with Crippen molar-refractivity contribution in [3.05, 3.63) is 29.8 Å². The molecule has 3 unspecified atom stereocenters. The number of methoxy groups -OCH3 is 1. The van der Waals surface area contributed by atoms with Gasteiger partial charge in [0.2, 0.25) is 5.91 Å². The van der Waals surface area contributed by atoms with E-state index in [2.05, 4.69) is 12.1 Å². The van der Waals surface area contributed by atoms with Crippen LogP contribution in [0.15, 0.2) is 24.3 Å². The Labute approximate surface area is 150 Å². The third-order valence-corrected chi connectivity index (χ3v) is 6.27. The number of hydrogen-bond acceptors (Lipinski definition) is 4. The molecule has 0 aromatic heterocycles. The van der Waals surface area contributed by atoms with Crippen LogP contribution in [0.1, 0.15) is 45.1 Å². The lowest BCUT2D eigenvalue weighted by Crippen LogP contribution is -2.75. The molecule has 3 atom stereocenters. The van der Waals surface area contributed by atoms with Crippen LogP contribution in [0.5, 0.6) is 5.75 Å². The van der Waals surface area contributed by atoms with Crippen molar-refractivity contribution in [2.45, 2.75) is 51.2 Å². The first-order valence-corrected chi connectivity index (χ1v) is 9.17. The summed E-state index contributed by atoms with van der Waals surface area (Å²) < 4.78 is 11.0. The van der Waals surface area contributed by atoms with Gasteiger partial charge in [-0.05, 0) is 31.0 Å². The molecule has 1 saturated heterocycles. The Balaban J connectivity index is 1.66. The maximum absolute atomic E-state index is 13.1. The van der Waals surface area contributed by atoms with Crippen LogP contribution in [0.4, 0.5) is 0 Å². The zero-order valence-electron chi connectivity index (χ0n) is 15.7. The van der Waals surface area contributed by atoms with Crippen LogP contribution in [-0.4, -0.2) is 49.3 Å². The molecule has 2 aliphatic rings. The second kappa shape index (κ2) is 6.61. The fourth-order valence-corrected chi connectivity index (χ4v) is 4.17. The lowest BCUT2D eigenvalue weighted by molar-refractivity contribution is -0.178. The monoisotopic (exact) mass is 346 g/mol. The van der Waals surface area contributed by atoms with Gasteiger partial charge < -0.3 is 20.1 Å². The molecule has 2 fully saturated rings. The van der Waals surface area contributed by atoms with E-state index in [1.54, 1.807) is 7.11 Å². The Morgan fingerprint density at radius 1 is 1.32 bits per heavy atom. The van der Waals surface area contributed by atoms with Gasteiger partial charge in [0, 0.05) is 37.5 Å². The first-order chi connectivity index (χ1) is 11.8. The summed E-state index contributed by atoms with van der Waals surface area (Å²) in [5, 5.41) is 0. The smallest absolute Gasteiger partial charge is 0.243 e. The summed E-state index contributed by atoms with van der Waals surface area (Å²) in [5.41, 5.74) is 6.66. The molecular weight excluding hydrogens is 316 g/mol. The van der Waals surface area contributed by atoms with Crippen LogP contribution in [0, 0.1) is 5.41 Å². The Bertz CT molecular complexity index is 628. The number of benzene rings is 1. The molecule has 1 saturated carbocycles. The highest BCUT2D eigenvalue weighted by atomic mass is 16.5. The molecule has 1 amide bonds. The number of amides is 1. The summed E-state index contributed by atoms with van der Waals surface area (Å²) >= 11 is 0. The minimum absolute atomic E-state index is 0.0615. The number of likely N-dealkylation sites (tertiary alicyclic amines) is 1. The second-order valence-electron chi connectivity index (χ2n) is 7.85. The number of nitrogens with zero attached hydrogens (tertiary/aromatic N) is 1. The zero-order valence-corrected chi connectivity index (χ0v) is 15.7. The molecule has 1 aromatic carbocycles. The predicted octanol–water partition coefficient (Wildman–Crippen LogP) is 2.54. The van der Waals surface area contributed by atoms with E-state index in [0.29, 0.717) is 18.9 Å². The number of ether oxygens (including phenoxy) is 2. The minimum Gasteiger partial charge on any atom is -0.497 e. The fraction of sp³-hybridized carbons (Fsp3) is 0.650. The van der Waals surface area contributed by atoms with Gasteiger partial charge >= 0.3 is 0 Å². The van der Waals surface area contributed by atoms with Crippen LogP contribution < -0.4 is 10.5 Å². The molecule has 1 aliphatic carbocycles. The van der Waals surface area contributed by atoms with Crippen molar-refractivity contribution >= 4 is 5.91 Å². The minimum atomic E-state index is -0.818. The molecule has 138 valence electrons. The molecule has 1 aromatic rings. The molecule has 5 heteroatoms. The van der Waals surface area contributed by atoms with Crippen molar-refractivity contribution in [1.82, 2.24) is 4.90 Å². The van der Waals surface area contributed by atoms with Gasteiger partial charge in [-0.1, -0.05) is 26.0 Å². The van der Waals surface area contributed by atoms with E-state index < -0.39 is 5.54 Å². The first-order valence-electron chi connectivity index (χ1n) is 9.17. The summed E-state index contributed by atoms with van der Waals surface area (Å²) in [6, 6.07) is 8.14. The van der Waals surface area contributed by atoms with E-state index in [-0.39, 0.29) is 17.4 Å². The Morgan fingerprint density at radius 2 is 2.00 bits per heavy atom. The normalized spacial score (nSPS) is 30.8. The van der Waals surface area contributed by atoms with Crippen LogP contribution >= 0.6 is 0 Å². The van der Waals surface area contributed by atoms with Crippen LogP contribution in [-0.2, 0) is 9.53 Å². The highest BCUT2D eigenvalue weighted by Gasteiger charge is 2.64. The third kappa shape index (κ3) is 2.93. The van der Waals surface area contributed by atoms with Crippen molar-refractivity contribution in [2.24, 2.45) is 11.1 Å². The largest absolute Gasteiger partial charge is 0.497 e. The average Bonchev–Trinajstić information content (AvgIpc) is 3.10. The number of hydrogen-bond donors (Lipinski definition) is 1. The standard InChI is InChI=1S/C20H30N2O3/c1-5-25-17-12-20(21,19(17,2)3)18(23)22-11-10-15(13-22)14-6-8-16(24-4)9-7-14/h6-9,15,17H,5,10-13,21H2,1-4H3. The van der Waals surface area contributed by atoms with Crippen molar-refractivity contribution in [3.8, 4) is 5.75 Å². The summed E-state index contributed by atoms with van der Waals surface area (Å²) in [4.78, 5) is 15.1. The summed E-state index contributed by atoms with van der Waals surface area (Å²) in [5.74, 6) is 1.29. The molecule has 0 spiro atoms. The lowest BCUT2D eigenvalue weighted by Gasteiger charge is -2.58. The lowest BCUT2D eigenvalue weighted by atomic mass is 9.54. The van der Waals surface area contributed by atoms with Crippen molar-refractivity contribution in [3.63, 3.8) is 0 Å². The van der Waals surface area contributed by atoms with Gasteiger partial charge in [-0.3, -0.25) is 4.79 Å². The topological polar surface area (TPSA) is 64.8 Å². The highest BCUT2D eigenvalue weighted by Crippen LogP contribution is 2.51. The van der Waals surface area contributed by atoms with Crippen LogP contribution in [0.2, 0.25) is 0 Å². The van der Waals surface area contributed by atoms with E-state index in [9.17, 15) is 4.79 Å². The fourth-order valence-electron chi connectivity index (χ4n) is 4.17. The maximum Gasteiger partial charge on any atom is 0.243 e. The van der Waals surface area contributed by atoms with Crippen molar-refractivity contribution < 1.29 is 14.3 Å². The maximum atomic E-state index is 13.1. The van der Waals surface area contributed by atoms with E-state index in [1.165, 1.54) is 5.56 Å². The van der Waals surface area contributed by atoms with Gasteiger partial charge in [-0.25, -0.2) is 0 Å². The molecule has 25 heavy (non-hydrogen) atoms. The Hall–Kier alpha value is -1.59. The van der Waals surface area contributed by atoms with Gasteiger partial charge in [-0.2, -0.15) is 0 Å². The molecular formula is C20H30N2O3. The highest BCUT2D eigenvalue weighted by molar-refractivity contribution is 5.89. The van der Waals surface area contributed by atoms with E-state index in [0.717, 1.165) is 25.3 Å². The molecule has 0 bridgehead atoms. The van der Waals surface area contributed by atoms with Gasteiger partial charge in [0.15, 0.2) is 0 Å². The van der Waals surface area contributed by atoms with Gasteiger partial charge in [0.05, 0.1) is 13.2 Å². The average molecular weight is 346 g/mol.